The number of carbonyl (C=O) groups excluding carboxylic acids is 1. The van der Waals surface area contributed by atoms with Gasteiger partial charge in [-0.2, -0.15) is 5.26 Å². The maximum absolute atomic E-state index is 11.1. The largest absolute Gasteiger partial charge is 0.506 e. The van der Waals surface area contributed by atoms with Crippen LogP contribution >= 0.6 is 15.9 Å². The van der Waals surface area contributed by atoms with E-state index >= 15 is 0 Å². The van der Waals surface area contributed by atoms with Gasteiger partial charge in [-0.15, -0.1) is 0 Å². The van der Waals surface area contributed by atoms with Crippen LogP contribution in [0.4, 0.5) is 0 Å². The number of halogens is 1. The number of benzene rings is 1. The molecule has 3 N–H and O–H groups in total. The summed E-state index contributed by atoms with van der Waals surface area (Å²) in [6.07, 6.45) is -0.0641. The summed E-state index contributed by atoms with van der Waals surface area (Å²) in [6, 6.07) is 4.16. The van der Waals surface area contributed by atoms with E-state index in [4.69, 9.17) is 11.0 Å². The molecule has 5 nitrogen and oxygen atoms in total. The Balaban J connectivity index is 3.08. The Morgan fingerprint density at radius 2 is 2.35 bits per heavy atom. The number of nitrogens with zero attached hydrogens (tertiary/aromatic N) is 1. The van der Waals surface area contributed by atoms with Crippen LogP contribution in [0.1, 0.15) is 23.6 Å². The average molecular weight is 299 g/mol. The molecule has 0 spiro atoms. The molecule has 0 bridgehead atoms. The molecule has 90 valence electrons. The standard InChI is InChI=1S/C11H11BrN2O3/c1-17-10(15)4-9(14)7-2-6(5-13)3-8(12)11(7)16/h2-3,9,16H,4,14H2,1H3/t9-/m1/s1. The molecule has 0 amide bonds. The van der Waals surface area contributed by atoms with Crippen molar-refractivity contribution in [3.63, 3.8) is 0 Å². The van der Waals surface area contributed by atoms with E-state index in [1.165, 1.54) is 19.2 Å². The number of esters is 1. The zero-order valence-corrected chi connectivity index (χ0v) is 10.7. The van der Waals surface area contributed by atoms with Crippen LogP contribution in [0, 0.1) is 11.3 Å². The van der Waals surface area contributed by atoms with Crippen LogP contribution in [0.5, 0.6) is 5.75 Å². The molecule has 0 fully saturated rings. The number of ether oxygens (including phenoxy) is 1. The van der Waals surface area contributed by atoms with E-state index in [9.17, 15) is 9.90 Å². The first-order chi connectivity index (χ1) is 7.99. The summed E-state index contributed by atoms with van der Waals surface area (Å²) in [6.45, 7) is 0. The summed E-state index contributed by atoms with van der Waals surface area (Å²) >= 11 is 3.12. The van der Waals surface area contributed by atoms with Gasteiger partial charge in [0.15, 0.2) is 0 Å². The van der Waals surface area contributed by atoms with E-state index in [1.54, 1.807) is 0 Å². The third-order valence-electron chi connectivity index (χ3n) is 2.24. The summed E-state index contributed by atoms with van der Waals surface area (Å²) < 4.78 is 4.86. The topological polar surface area (TPSA) is 96.3 Å². The van der Waals surface area contributed by atoms with Gasteiger partial charge in [0, 0.05) is 11.6 Å². The highest BCUT2D eigenvalue weighted by Gasteiger charge is 2.18. The molecule has 0 heterocycles. The molecule has 17 heavy (non-hydrogen) atoms. The van der Waals surface area contributed by atoms with Gasteiger partial charge in [-0.1, -0.05) is 0 Å². The lowest BCUT2D eigenvalue weighted by Gasteiger charge is -2.13. The van der Waals surface area contributed by atoms with Gasteiger partial charge < -0.3 is 15.6 Å². The Hall–Kier alpha value is -1.58. The number of carbonyl (C=O) groups is 1. The monoisotopic (exact) mass is 298 g/mol. The van der Waals surface area contributed by atoms with Crippen LogP contribution in [0.15, 0.2) is 16.6 Å². The Morgan fingerprint density at radius 3 is 2.88 bits per heavy atom. The quantitative estimate of drug-likeness (QED) is 0.826. The van der Waals surface area contributed by atoms with Crippen LogP contribution < -0.4 is 5.73 Å². The van der Waals surface area contributed by atoms with Crippen molar-refractivity contribution in [3.05, 3.63) is 27.7 Å². The first-order valence-electron chi connectivity index (χ1n) is 4.74. The predicted molar refractivity (Wildman–Crippen MR) is 64.1 cm³/mol. The molecular formula is C11H11BrN2O3. The lowest BCUT2D eigenvalue weighted by atomic mass is 10.0. The molecule has 0 aliphatic rings. The van der Waals surface area contributed by atoms with Crippen molar-refractivity contribution in [1.82, 2.24) is 0 Å². The normalized spacial score (nSPS) is 11.6. The minimum atomic E-state index is -0.716. The van der Waals surface area contributed by atoms with Gasteiger partial charge in [-0.25, -0.2) is 0 Å². The zero-order valence-electron chi connectivity index (χ0n) is 9.11. The Labute approximate surface area is 107 Å². The molecule has 1 aromatic rings. The SMILES string of the molecule is COC(=O)C[C@@H](N)c1cc(C#N)cc(Br)c1O. The lowest BCUT2D eigenvalue weighted by Crippen LogP contribution is -2.16. The third-order valence-corrected chi connectivity index (χ3v) is 2.84. The van der Waals surface area contributed by atoms with Crippen molar-refractivity contribution in [2.75, 3.05) is 7.11 Å². The van der Waals surface area contributed by atoms with E-state index < -0.39 is 12.0 Å². The van der Waals surface area contributed by atoms with E-state index in [-0.39, 0.29) is 12.2 Å². The van der Waals surface area contributed by atoms with Crippen LogP contribution in [-0.2, 0) is 9.53 Å². The van der Waals surface area contributed by atoms with Gasteiger partial charge in [0.25, 0.3) is 0 Å². The number of phenolic OH excluding ortho intramolecular Hbond substituents is 1. The molecule has 0 saturated carbocycles. The van der Waals surface area contributed by atoms with Crippen LogP contribution in [0.3, 0.4) is 0 Å². The molecule has 1 rings (SSSR count). The van der Waals surface area contributed by atoms with Crippen LogP contribution in [0.25, 0.3) is 0 Å². The Kier molecular flexibility index (Phi) is 4.49. The highest BCUT2D eigenvalue weighted by molar-refractivity contribution is 9.10. The number of nitrogens with two attached hydrogens (primary N) is 1. The molecule has 6 heteroatoms. The molecule has 0 aliphatic carbocycles. The van der Waals surface area contributed by atoms with Gasteiger partial charge in [0.05, 0.1) is 29.6 Å². The summed E-state index contributed by atoms with van der Waals surface area (Å²) in [5, 5.41) is 18.6. The second-order valence-electron chi connectivity index (χ2n) is 3.39. The van der Waals surface area contributed by atoms with Gasteiger partial charge in [-0.05, 0) is 28.1 Å². The summed E-state index contributed by atoms with van der Waals surface area (Å²) in [4.78, 5) is 11.1. The fraction of sp³-hybridized carbons (Fsp3) is 0.273. The second kappa shape index (κ2) is 5.66. The van der Waals surface area contributed by atoms with Gasteiger partial charge in [0.1, 0.15) is 5.75 Å². The van der Waals surface area contributed by atoms with Crippen molar-refractivity contribution >= 4 is 21.9 Å². The van der Waals surface area contributed by atoms with Crippen molar-refractivity contribution in [1.29, 1.82) is 5.26 Å². The number of hydrogen-bond donors (Lipinski definition) is 2. The van der Waals surface area contributed by atoms with Crippen LogP contribution in [-0.4, -0.2) is 18.2 Å². The first-order valence-corrected chi connectivity index (χ1v) is 5.53. The van der Waals surface area contributed by atoms with Crippen molar-refractivity contribution in [2.45, 2.75) is 12.5 Å². The van der Waals surface area contributed by atoms with E-state index in [1.807, 2.05) is 6.07 Å². The molecule has 0 saturated heterocycles. The molecular weight excluding hydrogens is 288 g/mol. The number of aromatic hydroxyl groups is 1. The number of rotatable bonds is 3. The molecule has 1 aromatic carbocycles. The maximum Gasteiger partial charge on any atom is 0.307 e. The molecule has 0 unspecified atom stereocenters. The fourth-order valence-corrected chi connectivity index (χ4v) is 1.82. The van der Waals surface area contributed by atoms with Crippen molar-refractivity contribution in [3.8, 4) is 11.8 Å². The third kappa shape index (κ3) is 3.19. The lowest BCUT2D eigenvalue weighted by molar-refractivity contribution is -0.141. The molecule has 0 aliphatic heterocycles. The molecule has 0 radical (unpaired) electrons. The Bertz CT molecular complexity index is 482. The zero-order chi connectivity index (χ0) is 13.0. The van der Waals surface area contributed by atoms with E-state index in [0.717, 1.165) is 0 Å². The minimum absolute atomic E-state index is 0.0641. The van der Waals surface area contributed by atoms with Crippen molar-refractivity contribution < 1.29 is 14.6 Å². The summed E-state index contributed by atoms with van der Waals surface area (Å²) in [5.41, 5.74) is 6.46. The number of nitriles is 1. The Morgan fingerprint density at radius 1 is 1.71 bits per heavy atom. The minimum Gasteiger partial charge on any atom is -0.506 e. The highest BCUT2D eigenvalue weighted by atomic mass is 79.9. The first kappa shape index (κ1) is 13.5. The van der Waals surface area contributed by atoms with Crippen molar-refractivity contribution in [2.24, 2.45) is 5.73 Å². The number of methoxy groups -OCH3 is 1. The summed E-state index contributed by atoms with van der Waals surface area (Å²) in [7, 11) is 1.26. The number of hydrogen-bond acceptors (Lipinski definition) is 5. The molecule has 1 atom stereocenters. The fourth-order valence-electron chi connectivity index (χ4n) is 1.34. The number of phenols is 1. The van der Waals surface area contributed by atoms with Gasteiger partial charge >= 0.3 is 5.97 Å². The second-order valence-corrected chi connectivity index (χ2v) is 4.25. The van der Waals surface area contributed by atoms with E-state index in [2.05, 4.69) is 20.7 Å². The highest BCUT2D eigenvalue weighted by Crippen LogP contribution is 2.33. The van der Waals surface area contributed by atoms with Gasteiger partial charge in [0.2, 0.25) is 0 Å². The average Bonchev–Trinajstić information content (AvgIpc) is 2.31. The van der Waals surface area contributed by atoms with E-state index in [0.29, 0.717) is 15.6 Å². The molecule has 0 aromatic heterocycles. The smallest absolute Gasteiger partial charge is 0.307 e. The maximum atomic E-state index is 11.1. The predicted octanol–water partition coefficient (Wildman–Crippen LogP) is 1.59. The van der Waals surface area contributed by atoms with Crippen LogP contribution in [0.2, 0.25) is 0 Å². The summed E-state index contributed by atoms with van der Waals surface area (Å²) in [5.74, 6) is -0.546. The van der Waals surface area contributed by atoms with Gasteiger partial charge in [-0.3, -0.25) is 4.79 Å².